The number of aromatic nitrogens is 3. The molecule has 112 valence electrons. The Morgan fingerprint density at radius 3 is 2.91 bits per heavy atom. The van der Waals surface area contributed by atoms with Gasteiger partial charge in [0.2, 0.25) is 0 Å². The fourth-order valence-electron chi connectivity index (χ4n) is 2.09. The molecule has 0 bridgehead atoms. The third-order valence-corrected chi connectivity index (χ3v) is 4.43. The summed E-state index contributed by atoms with van der Waals surface area (Å²) in [6.45, 7) is 1.75. The molecule has 8 heteroatoms. The van der Waals surface area contributed by atoms with Gasteiger partial charge < -0.3 is 11.1 Å². The number of aryl methyl sites for hydroxylation is 1. The van der Waals surface area contributed by atoms with Gasteiger partial charge in [0.1, 0.15) is 11.4 Å². The molecular weight excluding hydrogens is 318 g/mol. The minimum absolute atomic E-state index is 0.308. The molecule has 0 aliphatic carbocycles. The molecule has 6 nitrogen and oxygen atoms in total. The maximum Gasteiger partial charge on any atom is 0.254 e. The van der Waals surface area contributed by atoms with E-state index in [0.717, 1.165) is 15.9 Å². The van der Waals surface area contributed by atoms with Crippen LogP contribution in [0.3, 0.4) is 0 Å². The van der Waals surface area contributed by atoms with Crippen molar-refractivity contribution in [2.24, 2.45) is 5.73 Å². The number of carbonyl (C=O) groups excluding carboxylic acids is 1. The highest BCUT2D eigenvalue weighted by Crippen LogP contribution is 2.27. The van der Waals surface area contributed by atoms with E-state index in [0.29, 0.717) is 22.2 Å². The van der Waals surface area contributed by atoms with Gasteiger partial charge in [0, 0.05) is 5.69 Å². The van der Waals surface area contributed by atoms with Crippen molar-refractivity contribution in [1.82, 2.24) is 15.0 Å². The van der Waals surface area contributed by atoms with Gasteiger partial charge in [0.15, 0.2) is 5.16 Å². The lowest BCUT2D eigenvalue weighted by atomic mass is 10.2. The van der Waals surface area contributed by atoms with Crippen LogP contribution in [0.2, 0.25) is 0 Å². The highest BCUT2D eigenvalue weighted by atomic mass is 32.2. The summed E-state index contributed by atoms with van der Waals surface area (Å²) in [5, 5.41) is 3.75. The number of carbonyl (C=O) groups is 1. The van der Waals surface area contributed by atoms with Crippen LogP contribution in [0.25, 0.3) is 10.2 Å². The number of amides is 1. The lowest BCUT2D eigenvalue weighted by molar-refractivity contribution is 0.0999. The number of anilines is 2. The number of nitrogens with two attached hydrogens (primary N) is 1. The van der Waals surface area contributed by atoms with Crippen LogP contribution in [-0.2, 0) is 0 Å². The summed E-state index contributed by atoms with van der Waals surface area (Å²) in [6, 6.07) is 5.78. The molecule has 0 spiro atoms. The van der Waals surface area contributed by atoms with Crippen molar-refractivity contribution in [1.29, 1.82) is 0 Å². The highest BCUT2D eigenvalue weighted by Gasteiger charge is 2.16. The molecule has 0 aliphatic heterocycles. The lowest BCUT2D eigenvalue weighted by Crippen LogP contribution is -2.17. The van der Waals surface area contributed by atoms with Crippen LogP contribution >= 0.6 is 23.1 Å². The molecule has 3 aromatic rings. The van der Waals surface area contributed by atoms with E-state index < -0.39 is 5.91 Å². The number of thiazole rings is 1. The average Bonchev–Trinajstić information content (AvgIpc) is 2.93. The SMILES string of the molecule is CSc1nc(C)c(C(N)=O)c(Nc2ccc3ncsc3c2)n1. The molecular formula is C14H13N5OS2. The van der Waals surface area contributed by atoms with Crippen molar-refractivity contribution < 1.29 is 4.79 Å². The lowest BCUT2D eigenvalue weighted by Gasteiger charge is -2.12. The summed E-state index contributed by atoms with van der Waals surface area (Å²) in [5.74, 6) is -0.125. The largest absolute Gasteiger partial charge is 0.365 e. The highest BCUT2D eigenvalue weighted by molar-refractivity contribution is 7.98. The minimum atomic E-state index is -0.550. The quantitative estimate of drug-likeness (QED) is 0.564. The predicted octanol–water partition coefficient (Wildman–Crippen LogP) is 2.96. The van der Waals surface area contributed by atoms with Crippen LogP contribution < -0.4 is 11.1 Å². The van der Waals surface area contributed by atoms with Gasteiger partial charge in [-0.1, -0.05) is 11.8 Å². The van der Waals surface area contributed by atoms with E-state index in [1.165, 1.54) is 11.8 Å². The van der Waals surface area contributed by atoms with Gasteiger partial charge >= 0.3 is 0 Å². The van der Waals surface area contributed by atoms with E-state index in [-0.39, 0.29) is 0 Å². The molecule has 0 aliphatic rings. The number of primary amides is 1. The summed E-state index contributed by atoms with van der Waals surface area (Å²) in [7, 11) is 0. The van der Waals surface area contributed by atoms with Crippen LogP contribution in [0.1, 0.15) is 16.1 Å². The molecule has 0 saturated heterocycles. The standard InChI is InChI=1S/C14H13N5OS2/c1-7-11(12(15)20)13(19-14(17-7)21-2)18-8-3-4-9-10(5-8)22-6-16-9/h3-6H,1-2H3,(H2,15,20)(H,17,18,19). The molecule has 3 N–H and O–H groups in total. The molecule has 3 rings (SSSR count). The zero-order chi connectivity index (χ0) is 15.7. The molecule has 0 saturated carbocycles. The van der Waals surface area contributed by atoms with Gasteiger partial charge in [0.25, 0.3) is 5.91 Å². The van der Waals surface area contributed by atoms with Crippen LogP contribution in [0, 0.1) is 6.92 Å². The van der Waals surface area contributed by atoms with Gasteiger partial charge in [-0.15, -0.1) is 11.3 Å². The summed E-state index contributed by atoms with van der Waals surface area (Å²) in [6.07, 6.45) is 1.88. The summed E-state index contributed by atoms with van der Waals surface area (Å²) >= 11 is 2.96. The molecule has 22 heavy (non-hydrogen) atoms. The summed E-state index contributed by atoms with van der Waals surface area (Å²) in [5.41, 5.74) is 9.89. The molecule has 1 aromatic carbocycles. The number of nitrogens with zero attached hydrogens (tertiary/aromatic N) is 3. The van der Waals surface area contributed by atoms with Crippen molar-refractivity contribution >= 4 is 50.7 Å². The number of hydrogen-bond donors (Lipinski definition) is 2. The molecule has 0 fully saturated rings. The first-order valence-electron chi connectivity index (χ1n) is 6.41. The minimum Gasteiger partial charge on any atom is -0.365 e. The number of fused-ring (bicyclic) bond motifs is 1. The molecule has 0 atom stereocenters. The molecule has 0 radical (unpaired) electrons. The molecule has 2 heterocycles. The van der Waals surface area contributed by atoms with E-state index in [9.17, 15) is 4.79 Å². The smallest absolute Gasteiger partial charge is 0.254 e. The predicted molar refractivity (Wildman–Crippen MR) is 90.0 cm³/mol. The Morgan fingerprint density at radius 2 is 2.18 bits per heavy atom. The normalized spacial score (nSPS) is 10.8. The number of nitrogens with one attached hydrogen (secondary N) is 1. The van der Waals surface area contributed by atoms with Crippen molar-refractivity contribution in [3.63, 3.8) is 0 Å². The number of thioether (sulfide) groups is 1. The maximum atomic E-state index is 11.7. The van der Waals surface area contributed by atoms with Gasteiger partial charge in [-0.3, -0.25) is 4.79 Å². The fraction of sp³-hybridized carbons (Fsp3) is 0.143. The topological polar surface area (TPSA) is 93.8 Å². The zero-order valence-electron chi connectivity index (χ0n) is 12.0. The van der Waals surface area contributed by atoms with Crippen LogP contribution in [0.4, 0.5) is 11.5 Å². The van der Waals surface area contributed by atoms with Gasteiger partial charge in [-0.2, -0.15) is 0 Å². The monoisotopic (exact) mass is 331 g/mol. The first-order valence-corrected chi connectivity index (χ1v) is 8.51. The Kier molecular flexibility index (Phi) is 3.95. The van der Waals surface area contributed by atoms with Crippen LogP contribution in [0.15, 0.2) is 28.9 Å². The number of hydrogen-bond acceptors (Lipinski definition) is 7. The Labute approximate surface area is 135 Å². The second-order valence-electron chi connectivity index (χ2n) is 4.54. The van der Waals surface area contributed by atoms with Crippen LogP contribution in [0.5, 0.6) is 0 Å². The van der Waals surface area contributed by atoms with Crippen molar-refractivity contribution in [3.05, 3.63) is 35.0 Å². The van der Waals surface area contributed by atoms with E-state index in [1.54, 1.807) is 23.8 Å². The van der Waals surface area contributed by atoms with E-state index >= 15 is 0 Å². The Bertz CT molecular complexity index is 862. The second kappa shape index (κ2) is 5.90. The van der Waals surface area contributed by atoms with E-state index in [1.807, 2.05) is 24.5 Å². The number of rotatable bonds is 4. The fourth-order valence-corrected chi connectivity index (χ4v) is 3.22. The Morgan fingerprint density at radius 1 is 1.36 bits per heavy atom. The first kappa shape index (κ1) is 14.7. The van der Waals surface area contributed by atoms with Crippen LogP contribution in [-0.4, -0.2) is 27.1 Å². The maximum absolute atomic E-state index is 11.7. The second-order valence-corrected chi connectivity index (χ2v) is 6.20. The third-order valence-electron chi connectivity index (χ3n) is 3.09. The van der Waals surface area contributed by atoms with Crippen molar-refractivity contribution in [2.75, 3.05) is 11.6 Å². The van der Waals surface area contributed by atoms with Gasteiger partial charge in [-0.25, -0.2) is 15.0 Å². The Balaban J connectivity index is 2.06. The van der Waals surface area contributed by atoms with Gasteiger partial charge in [-0.05, 0) is 31.4 Å². The summed E-state index contributed by atoms with van der Waals surface area (Å²) in [4.78, 5) is 24.6. The zero-order valence-corrected chi connectivity index (χ0v) is 13.6. The molecule has 2 aromatic heterocycles. The average molecular weight is 331 g/mol. The third kappa shape index (κ3) is 2.75. The van der Waals surface area contributed by atoms with Gasteiger partial charge in [0.05, 0.1) is 21.4 Å². The van der Waals surface area contributed by atoms with Crippen molar-refractivity contribution in [2.45, 2.75) is 12.1 Å². The van der Waals surface area contributed by atoms with E-state index in [2.05, 4.69) is 20.3 Å². The van der Waals surface area contributed by atoms with E-state index in [4.69, 9.17) is 5.73 Å². The first-order chi connectivity index (χ1) is 10.6. The van der Waals surface area contributed by atoms with Crippen molar-refractivity contribution in [3.8, 4) is 0 Å². The number of benzene rings is 1. The summed E-state index contributed by atoms with van der Waals surface area (Å²) < 4.78 is 1.06. The molecule has 0 unspecified atom stereocenters. The molecule has 1 amide bonds. The Hall–Kier alpha value is -2.19.